The van der Waals surface area contributed by atoms with E-state index in [1.54, 1.807) is 0 Å². The largest absolute Gasteiger partial charge is 0.328 e. The average molecular weight is 373 g/mol. The number of hydrogen-bond donors (Lipinski definition) is 1. The Kier molecular flexibility index (Phi) is 11.8. The highest BCUT2D eigenvalue weighted by molar-refractivity contribution is 5.22. The third-order valence-electron chi connectivity index (χ3n) is 6.19. The van der Waals surface area contributed by atoms with Gasteiger partial charge in [0.1, 0.15) is 0 Å². The van der Waals surface area contributed by atoms with Crippen LogP contribution in [-0.4, -0.2) is 30.6 Å². The summed E-state index contributed by atoms with van der Waals surface area (Å²) in [4.78, 5) is 2.57. The Morgan fingerprint density at radius 3 is 1.78 bits per heavy atom. The Morgan fingerprint density at radius 2 is 1.22 bits per heavy atom. The minimum Gasteiger partial charge on any atom is -0.328 e. The van der Waals surface area contributed by atoms with Crippen LogP contribution in [0, 0.1) is 0 Å². The number of aryl methyl sites for hydroxylation is 1. The van der Waals surface area contributed by atoms with Gasteiger partial charge >= 0.3 is 0 Å². The summed E-state index contributed by atoms with van der Waals surface area (Å²) in [5, 5.41) is 0. The predicted molar refractivity (Wildman–Crippen MR) is 119 cm³/mol. The van der Waals surface area contributed by atoms with Crippen molar-refractivity contribution in [3.8, 4) is 0 Å². The minimum absolute atomic E-state index is 0.436. The molecule has 1 aromatic carbocycles. The lowest BCUT2D eigenvalue weighted by atomic mass is 10.0. The molecule has 0 atom stereocenters. The van der Waals surface area contributed by atoms with Gasteiger partial charge in [-0.2, -0.15) is 0 Å². The maximum atomic E-state index is 5.99. The second-order valence-corrected chi connectivity index (χ2v) is 8.68. The van der Waals surface area contributed by atoms with E-state index in [9.17, 15) is 0 Å². The summed E-state index contributed by atoms with van der Waals surface area (Å²) >= 11 is 0. The minimum atomic E-state index is 0.436. The van der Waals surface area contributed by atoms with Crippen LogP contribution in [0.2, 0.25) is 0 Å². The lowest BCUT2D eigenvalue weighted by Gasteiger charge is -2.29. The van der Waals surface area contributed by atoms with Crippen molar-refractivity contribution in [1.82, 2.24) is 4.90 Å². The van der Waals surface area contributed by atoms with Gasteiger partial charge in [-0.15, -0.1) is 0 Å². The zero-order valence-electron chi connectivity index (χ0n) is 17.9. The van der Waals surface area contributed by atoms with E-state index in [2.05, 4.69) is 36.1 Å². The molecule has 1 aliphatic rings. The maximum Gasteiger partial charge on any atom is 0.00631 e. The molecule has 0 aliphatic carbocycles. The van der Waals surface area contributed by atoms with Gasteiger partial charge in [0.15, 0.2) is 0 Å². The van der Waals surface area contributed by atoms with Gasteiger partial charge in [-0.25, -0.2) is 0 Å². The molecule has 1 saturated heterocycles. The van der Waals surface area contributed by atoms with Crippen LogP contribution >= 0.6 is 0 Å². The molecule has 0 saturated carbocycles. The molecule has 1 heterocycles. The third kappa shape index (κ3) is 10.3. The molecule has 0 amide bonds. The first-order chi connectivity index (χ1) is 13.3. The van der Waals surface area contributed by atoms with Crippen LogP contribution in [0.4, 0.5) is 0 Å². The number of nitrogens with zero attached hydrogens (tertiary/aromatic N) is 1. The first kappa shape index (κ1) is 22.4. The molecule has 154 valence electrons. The fourth-order valence-corrected chi connectivity index (χ4v) is 4.15. The smallest absolute Gasteiger partial charge is 0.00631 e. The highest BCUT2D eigenvalue weighted by Crippen LogP contribution is 2.14. The van der Waals surface area contributed by atoms with Gasteiger partial charge in [-0.05, 0) is 56.3 Å². The van der Waals surface area contributed by atoms with E-state index in [-0.39, 0.29) is 0 Å². The van der Waals surface area contributed by atoms with Crippen molar-refractivity contribution in [3.63, 3.8) is 0 Å². The van der Waals surface area contributed by atoms with Crippen LogP contribution in [0.1, 0.15) is 95.1 Å². The van der Waals surface area contributed by atoms with E-state index >= 15 is 0 Å². The summed E-state index contributed by atoms with van der Waals surface area (Å²) in [6.45, 7) is 5.83. The molecule has 27 heavy (non-hydrogen) atoms. The molecular formula is C25H44N2. The summed E-state index contributed by atoms with van der Waals surface area (Å²) in [5.74, 6) is 0. The molecule has 1 aliphatic heterocycles. The van der Waals surface area contributed by atoms with Gasteiger partial charge in [0.2, 0.25) is 0 Å². The third-order valence-corrected chi connectivity index (χ3v) is 6.19. The van der Waals surface area contributed by atoms with E-state index in [0.717, 1.165) is 12.8 Å². The van der Waals surface area contributed by atoms with Crippen molar-refractivity contribution in [2.24, 2.45) is 5.73 Å². The second-order valence-electron chi connectivity index (χ2n) is 8.68. The number of unbranched alkanes of at least 4 members (excludes halogenated alkanes) is 9. The number of piperidine rings is 1. The number of nitrogens with two attached hydrogens (primary N) is 1. The van der Waals surface area contributed by atoms with E-state index < -0.39 is 0 Å². The highest BCUT2D eigenvalue weighted by Gasteiger charge is 2.15. The van der Waals surface area contributed by atoms with E-state index in [0.29, 0.717) is 6.04 Å². The molecule has 1 fully saturated rings. The summed E-state index contributed by atoms with van der Waals surface area (Å²) in [7, 11) is 0. The number of rotatable bonds is 14. The van der Waals surface area contributed by atoms with E-state index in [1.165, 1.54) is 108 Å². The fourth-order valence-electron chi connectivity index (χ4n) is 4.15. The van der Waals surface area contributed by atoms with Crippen molar-refractivity contribution >= 4 is 0 Å². The Balaban J connectivity index is 1.48. The van der Waals surface area contributed by atoms with Crippen LogP contribution in [0.25, 0.3) is 0 Å². The molecule has 0 unspecified atom stereocenters. The first-order valence-electron chi connectivity index (χ1n) is 11.8. The molecule has 0 bridgehead atoms. The van der Waals surface area contributed by atoms with Crippen LogP contribution < -0.4 is 5.73 Å². The molecule has 2 rings (SSSR count). The summed E-state index contributed by atoms with van der Waals surface area (Å²) in [6, 6.07) is 9.85. The molecule has 2 heteroatoms. The van der Waals surface area contributed by atoms with E-state index in [4.69, 9.17) is 5.73 Å². The highest BCUT2D eigenvalue weighted by atomic mass is 15.1. The molecule has 0 radical (unpaired) electrons. The Bertz CT molecular complexity index is 460. The fraction of sp³-hybridized carbons (Fsp3) is 0.760. The number of hydrogen-bond acceptors (Lipinski definition) is 2. The first-order valence-corrected chi connectivity index (χ1v) is 11.8. The van der Waals surface area contributed by atoms with Gasteiger partial charge in [-0.1, -0.05) is 89.0 Å². The van der Waals surface area contributed by atoms with Crippen LogP contribution in [0.15, 0.2) is 24.3 Å². The van der Waals surface area contributed by atoms with Crippen molar-refractivity contribution in [2.75, 3.05) is 19.6 Å². The maximum absolute atomic E-state index is 5.99. The molecule has 0 spiro atoms. The molecule has 0 aromatic heterocycles. The molecule has 1 aromatic rings. The monoisotopic (exact) mass is 372 g/mol. The summed E-state index contributed by atoms with van der Waals surface area (Å²) in [6.07, 6.45) is 18.9. The van der Waals surface area contributed by atoms with Gasteiger partial charge in [-0.3, -0.25) is 0 Å². The number of benzene rings is 1. The van der Waals surface area contributed by atoms with Crippen LogP contribution in [-0.2, 0) is 12.8 Å². The predicted octanol–water partition coefficient (Wildman–Crippen LogP) is 6.12. The Morgan fingerprint density at radius 1 is 0.741 bits per heavy atom. The van der Waals surface area contributed by atoms with Crippen molar-refractivity contribution in [2.45, 2.75) is 103 Å². The van der Waals surface area contributed by atoms with Crippen LogP contribution in [0.5, 0.6) is 0 Å². The Hall–Kier alpha value is -0.860. The SMILES string of the molecule is CCCCCCCCCCCCc1ccc(CCN2CCC(N)CC2)cc1. The topological polar surface area (TPSA) is 29.3 Å². The van der Waals surface area contributed by atoms with Gasteiger partial charge in [0, 0.05) is 12.6 Å². The summed E-state index contributed by atoms with van der Waals surface area (Å²) in [5.41, 5.74) is 8.99. The van der Waals surface area contributed by atoms with Crippen molar-refractivity contribution in [3.05, 3.63) is 35.4 Å². The van der Waals surface area contributed by atoms with E-state index in [1.807, 2.05) is 0 Å². The molecule has 2 nitrogen and oxygen atoms in total. The van der Waals surface area contributed by atoms with Gasteiger partial charge in [0.05, 0.1) is 0 Å². The lowest BCUT2D eigenvalue weighted by molar-refractivity contribution is 0.215. The average Bonchev–Trinajstić information content (AvgIpc) is 2.70. The molecular weight excluding hydrogens is 328 g/mol. The normalized spacial score (nSPS) is 16.1. The van der Waals surface area contributed by atoms with Gasteiger partial charge in [0.25, 0.3) is 0 Å². The van der Waals surface area contributed by atoms with Crippen molar-refractivity contribution in [1.29, 1.82) is 0 Å². The Labute approximate surface area is 168 Å². The zero-order valence-corrected chi connectivity index (χ0v) is 17.9. The molecule has 2 N–H and O–H groups in total. The second kappa shape index (κ2) is 14.2. The van der Waals surface area contributed by atoms with Crippen molar-refractivity contribution < 1.29 is 0 Å². The standard InChI is InChI=1S/C25H44N2/c1-2-3-4-5-6-7-8-9-10-11-12-23-13-15-24(16-14-23)17-20-27-21-18-25(26)19-22-27/h13-16,25H,2-12,17-22,26H2,1H3. The number of likely N-dealkylation sites (tertiary alicyclic amines) is 1. The quantitative estimate of drug-likeness (QED) is 0.399. The summed E-state index contributed by atoms with van der Waals surface area (Å²) < 4.78 is 0. The van der Waals surface area contributed by atoms with Gasteiger partial charge < -0.3 is 10.6 Å². The van der Waals surface area contributed by atoms with Crippen LogP contribution in [0.3, 0.4) is 0 Å². The lowest BCUT2D eigenvalue weighted by Crippen LogP contribution is -2.40. The zero-order chi connectivity index (χ0) is 19.2.